The van der Waals surface area contributed by atoms with Gasteiger partial charge in [0.2, 0.25) is 0 Å². The van der Waals surface area contributed by atoms with Gasteiger partial charge < -0.3 is 0 Å². The molecule has 0 saturated carbocycles. The van der Waals surface area contributed by atoms with Gasteiger partial charge in [0, 0.05) is 0 Å². The molecule has 0 aliphatic rings. The molecule has 0 atom stereocenters. The number of rotatable bonds is 2. The van der Waals surface area contributed by atoms with E-state index >= 15 is 0 Å². The summed E-state index contributed by atoms with van der Waals surface area (Å²) < 4.78 is 1.37. The van der Waals surface area contributed by atoms with E-state index in [9.17, 15) is 0 Å². The molecule has 1 heteroatoms. The van der Waals surface area contributed by atoms with E-state index in [2.05, 4.69) is 30.3 Å². The molecule has 0 heterocycles. The molecule has 9 heavy (non-hydrogen) atoms. The van der Waals surface area contributed by atoms with Crippen molar-refractivity contribution >= 4 is 22.5 Å². The van der Waals surface area contributed by atoms with Crippen LogP contribution in [0.1, 0.15) is 5.56 Å². The Hall–Kier alpha value is 0.0187. The van der Waals surface area contributed by atoms with Crippen molar-refractivity contribution in [3.63, 3.8) is 0 Å². The molecule has 0 aliphatic carbocycles. The SMILES string of the molecule is [SnH][CH2]Cc1ccccc1. The third-order valence-corrected chi connectivity index (χ3v) is 2.10. The van der Waals surface area contributed by atoms with Crippen molar-refractivity contribution in [3.05, 3.63) is 35.9 Å². The molecule has 0 nitrogen and oxygen atoms in total. The van der Waals surface area contributed by atoms with E-state index in [1.54, 1.807) is 0 Å². The second-order valence-electron chi connectivity index (χ2n) is 2.02. The first-order chi connectivity index (χ1) is 4.43. The summed E-state index contributed by atoms with van der Waals surface area (Å²) in [4.78, 5) is 0. The summed E-state index contributed by atoms with van der Waals surface area (Å²) in [5.74, 6) is 0. The third kappa shape index (κ3) is 2.39. The van der Waals surface area contributed by atoms with Crippen molar-refractivity contribution in [2.45, 2.75) is 10.9 Å². The average molecular weight is 225 g/mol. The zero-order chi connectivity index (χ0) is 6.53. The van der Waals surface area contributed by atoms with E-state index in [1.807, 2.05) is 0 Å². The molecule has 0 amide bonds. The Bertz CT molecular complexity index is 157. The van der Waals surface area contributed by atoms with Crippen LogP contribution in [0.5, 0.6) is 0 Å². The molecule has 0 saturated heterocycles. The molecule has 1 aromatic carbocycles. The molecule has 0 spiro atoms. The monoisotopic (exact) mass is 226 g/mol. The van der Waals surface area contributed by atoms with Crippen LogP contribution in [0.3, 0.4) is 0 Å². The zero-order valence-electron chi connectivity index (χ0n) is 5.38. The fourth-order valence-electron chi connectivity index (χ4n) is 0.811. The van der Waals surface area contributed by atoms with Crippen LogP contribution in [0.25, 0.3) is 0 Å². The number of hydrogen-bond acceptors (Lipinski definition) is 0. The Morgan fingerprint density at radius 1 is 1.11 bits per heavy atom. The predicted octanol–water partition coefficient (Wildman–Crippen LogP) is 1.55. The van der Waals surface area contributed by atoms with Crippen LogP contribution in [-0.2, 0) is 6.42 Å². The van der Waals surface area contributed by atoms with E-state index in [0.29, 0.717) is 0 Å². The summed E-state index contributed by atoms with van der Waals surface area (Å²) in [6.45, 7) is 0. The molecule has 1 aromatic rings. The normalized spacial score (nSPS) is 9.44. The van der Waals surface area contributed by atoms with Gasteiger partial charge in [-0.1, -0.05) is 0 Å². The van der Waals surface area contributed by atoms with Crippen molar-refractivity contribution < 1.29 is 0 Å². The first-order valence-electron chi connectivity index (χ1n) is 3.17. The van der Waals surface area contributed by atoms with Crippen LogP contribution in [0.15, 0.2) is 30.3 Å². The molecule has 0 aromatic heterocycles. The summed E-state index contributed by atoms with van der Waals surface area (Å²) in [6, 6.07) is 10.7. The summed E-state index contributed by atoms with van der Waals surface area (Å²) in [6.07, 6.45) is 1.27. The molecule has 0 aliphatic heterocycles. The van der Waals surface area contributed by atoms with Crippen molar-refractivity contribution in [2.75, 3.05) is 0 Å². The van der Waals surface area contributed by atoms with Crippen LogP contribution >= 0.6 is 0 Å². The van der Waals surface area contributed by atoms with Crippen LogP contribution in [0.2, 0.25) is 4.44 Å². The minimum atomic E-state index is 1.27. The predicted molar refractivity (Wildman–Crippen MR) is 42.1 cm³/mol. The van der Waals surface area contributed by atoms with E-state index in [4.69, 9.17) is 0 Å². The standard InChI is InChI=1S/C8H9.Sn.H/c1-2-8-6-4-3-5-7-8;;/h3-7H,1-2H2;;. The van der Waals surface area contributed by atoms with Crippen molar-refractivity contribution in [1.82, 2.24) is 0 Å². The molecular formula is C8H10Sn. The van der Waals surface area contributed by atoms with Gasteiger partial charge in [-0.05, 0) is 0 Å². The maximum atomic E-state index is 2.19. The van der Waals surface area contributed by atoms with Gasteiger partial charge >= 0.3 is 69.3 Å². The molecular weight excluding hydrogens is 215 g/mol. The molecule has 0 N–H and O–H groups in total. The van der Waals surface area contributed by atoms with Crippen LogP contribution in [0.4, 0.5) is 0 Å². The fraction of sp³-hybridized carbons (Fsp3) is 0.250. The topological polar surface area (TPSA) is 0 Å². The second kappa shape index (κ2) is 3.94. The quantitative estimate of drug-likeness (QED) is 0.669. The third-order valence-electron chi connectivity index (χ3n) is 1.28. The maximum absolute atomic E-state index is 2.19. The molecule has 0 unspecified atom stereocenters. The van der Waals surface area contributed by atoms with Gasteiger partial charge in [-0.3, -0.25) is 0 Å². The average Bonchev–Trinajstić information content (AvgIpc) is 1.91. The Morgan fingerprint density at radius 2 is 1.78 bits per heavy atom. The first-order valence-corrected chi connectivity index (χ1v) is 5.50. The van der Waals surface area contributed by atoms with Gasteiger partial charge in [0.05, 0.1) is 0 Å². The second-order valence-corrected chi connectivity index (χ2v) is 3.67. The van der Waals surface area contributed by atoms with E-state index < -0.39 is 0 Å². The van der Waals surface area contributed by atoms with Crippen molar-refractivity contribution in [2.24, 2.45) is 0 Å². The Kier molecular flexibility index (Phi) is 3.12. The number of aryl methyl sites for hydroxylation is 1. The molecule has 46 valence electrons. The Balaban J connectivity index is 2.61. The molecule has 0 bridgehead atoms. The van der Waals surface area contributed by atoms with Crippen LogP contribution < -0.4 is 0 Å². The van der Waals surface area contributed by atoms with Crippen molar-refractivity contribution in [1.29, 1.82) is 0 Å². The van der Waals surface area contributed by atoms with Crippen LogP contribution in [-0.4, -0.2) is 22.5 Å². The molecule has 1 rings (SSSR count). The van der Waals surface area contributed by atoms with Crippen LogP contribution in [0, 0.1) is 0 Å². The van der Waals surface area contributed by atoms with Gasteiger partial charge in [-0.15, -0.1) is 0 Å². The summed E-state index contributed by atoms with van der Waals surface area (Å²) in [5, 5.41) is 0. The minimum absolute atomic E-state index is 1.27. The van der Waals surface area contributed by atoms with Gasteiger partial charge in [0.15, 0.2) is 0 Å². The molecule has 2 radical (unpaired) electrons. The van der Waals surface area contributed by atoms with E-state index in [0.717, 1.165) is 0 Å². The summed E-state index contributed by atoms with van der Waals surface area (Å²) in [7, 11) is 0. The van der Waals surface area contributed by atoms with Gasteiger partial charge in [0.25, 0.3) is 0 Å². The summed E-state index contributed by atoms with van der Waals surface area (Å²) in [5.41, 5.74) is 1.48. The first kappa shape index (κ1) is 7.13. The van der Waals surface area contributed by atoms with E-state index in [1.165, 1.54) is 38.9 Å². The van der Waals surface area contributed by atoms with Crippen molar-refractivity contribution in [3.8, 4) is 0 Å². The fourth-order valence-corrected chi connectivity index (χ4v) is 1.76. The Labute approximate surface area is 69.4 Å². The van der Waals surface area contributed by atoms with Gasteiger partial charge in [-0.2, -0.15) is 0 Å². The van der Waals surface area contributed by atoms with E-state index in [-0.39, 0.29) is 0 Å². The summed E-state index contributed by atoms with van der Waals surface area (Å²) >= 11 is 1.38. The zero-order valence-corrected chi connectivity index (χ0v) is 8.67. The van der Waals surface area contributed by atoms with Gasteiger partial charge in [-0.25, -0.2) is 0 Å². The molecule has 0 fully saturated rings. The van der Waals surface area contributed by atoms with Gasteiger partial charge in [0.1, 0.15) is 0 Å². The number of hydrogen-bond donors (Lipinski definition) is 0. The Morgan fingerprint density at radius 3 is 2.33 bits per heavy atom. The number of benzene rings is 1.